The molecule has 1 unspecified atom stereocenters. The van der Waals surface area contributed by atoms with Crippen LogP contribution in [0, 0.1) is 17.7 Å². The van der Waals surface area contributed by atoms with Crippen molar-refractivity contribution >= 4 is 17.9 Å². The molecule has 3 nitrogen and oxygen atoms in total. The van der Waals surface area contributed by atoms with Crippen molar-refractivity contribution in [3.63, 3.8) is 0 Å². The highest BCUT2D eigenvalue weighted by molar-refractivity contribution is 6.40. The lowest BCUT2D eigenvalue weighted by Crippen LogP contribution is -2.39. The van der Waals surface area contributed by atoms with Gasteiger partial charge < -0.3 is 15.8 Å². The molecule has 4 N–H and O–H groups in total. The van der Waals surface area contributed by atoms with Gasteiger partial charge in [0, 0.05) is 11.4 Å². The van der Waals surface area contributed by atoms with Gasteiger partial charge in [0.05, 0.1) is 0 Å². The Morgan fingerprint density at radius 1 is 1.08 bits per heavy atom. The predicted octanol–water partition coefficient (Wildman–Crippen LogP) is 3.91. The summed E-state index contributed by atoms with van der Waals surface area (Å²) in [6.45, 7) is 0. The van der Waals surface area contributed by atoms with Crippen LogP contribution in [0.1, 0.15) is 44.1 Å². The molecule has 26 heavy (non-hydrogen) atoms. The molecule has 0 amide bonds. The van der Waals surface area contributed by atoms with Crippen LogP contribution in [0.5, 0.6) is 0 Å². The maximum atomic E-state index is 13.9. The van der Waals surface area contributed by atoms with Crippen LogP contribution >= 0.6 is 0 Å². The van der Waals surface area contributed by atoms with Crippen molar-refractivity contribution in [2.24, 2.45) is 17.6 Å². The van der Waals surface area contributed by atoms with Crippen LogP contribution < -0.4 is 5.73 Å². The molecule has 1 saturated carbocycles. The highest BCUT2D eigenvalue weighted by Crippen LogP contribution is 2.40. The SMILES string of the molecule is NC(CCCCB(O)O)C1CC(CCc2cccc3c(F)cccc23)C1. The molecule has 2 aromatic carbocycles. The summed E-state index contributed by atoms with van der Waals surface area (Å²) in [6, 6.07) is 11.5. The summed E-state index contributed by atoms with van der Waals surface area (Å²) in [5.74, 6) is 1.17. The van der Waals surface area contributed by atoms with Crippen LogP contribution in [0.3, 0.4) is 0 Å². The smallest absolute Gasteiger partial charge is 0.427 e. The molecule has 0 spiro atoms. The molecule has 5 heteroatoms. The number of nitrogens with two attached hydrogens (primary N) is 1. The molecule has 0 radical (unpaired) electrons. The van der Waals surface area contributed by atoms with Gasteiger partial charge >= 0.3 is 7.12 Å². The summed E-state index contributed by atoms with van der Waals surface area (Å²) >= 11 is 0. The summed E-state index contributed by atoms with van der Waals surface area (Å²) in [7, 11) is -1.19. The summed E-state index contributed by atoms with van der Waals surface area (Å²) in [6.07, 6.45) is 7.67. The van der Waals surface area contributed by atoms with E-state index in [2.05, 4.69) is 6.07 Å². The minimum Gasteiger partial charge on any atom is -0.427 e. The van der Waals surface area contributed by atoms with Crippen molar-refractivity contribution in [2.45, 2.75) is 57.3 Å². The van der Waals surface area contributed by atoms with E-state index in [9.17, 15) is 4.39 Å². The van der Waals surface area contributed by atoms with Crippen molar-refractivity contribution in [1.82, 2.24) is 0 Å². The van der Waals surface area contributed by atoms with Gasteiger partial charge in [-0.3, -0.25) is 0 Å². The molecule has 2 aromatic rings. The predicted molar refractivity (Wildman–Crippen MR) is 105 cm³/mol. The highest BCUT2D eigenvalue weighted by atomic mass is 19.1. The molecule has 0 aliphatic heterocycles. The second-order valence-electron chi connectivity index (χ2n) is 7.82. The van der Waals surface area contributed by atoms with E-state index in [4.69, 9.17) is 15.8 Å². The van der Waals surface area contributed by atoms with Gasteiger partial charge in [-0.1, -0.05) is 43.2 Å². The van der Waals surface area contributed by atoms with Gasteiger partial charge in [0.1, 0.15) is 5.82 Å². The van der Waals surface area contributed by atoms with Crippen molar-refractivity contribution < 1.29 is 14.4 Å². The van der Waals surface area contributed by atoms with E-state index in [1.165, 1.54) is 24.5 Å². The third-order valence-electron chi connectivity index (χ3n) is 5.91. The molecule has 1 fully saturated rings. The minimum atomic E-state index is -1.19. The quantitative estimate of drug-likeness (QED) is 0.471. The Bertz CT molecular complexity index is 718. The van der Waals surface area contributed by atoms with Gasteiger partial charge in [-0.05, 0) is 67.3 Å². The van der Waals surface area contributed by atoms with Crippen molar-refractivity contribution in [2.75, 3.05) is 0 Å². The third-order valence-corrected chi connectivity index (χ3v) is 5.91. The summed E-state index contributed by atoms with van der Waals surface area (Å²) in [4.78, 5) is 0. The Balaban J connectivity index is 1.42. The number of rotatable bonds is 9. The van der Waals surface area contributed by atoms with Crippen LogP contribution in [0.15, 0.2) is 36.4 Å². The number of benzene rings is 2. The van der Waals surface area contributed by atoms with Gasteiger partial charge in [0.25, 0.3) is 0 Å². The topological polar surface area (TPSA) is 66.5 Å². The molecule has 1 atom stereocenters. The van der Waals surface area contributed by atoms with Gasteiger partial charge in [0.15, 0.2) is 0 Å². The Hall–Kier alpha value is -1.43. The summed E-state index contributed by atoms with van der Waals surface area (Å²) in [5.41, 5.74) is 7.52. The first kappa shape index (κ1) is 19.3. The molecule has 3 rings (SSSR count). The molecular formula is C21H29BFNO2. The first-order chi connectivity index (χ1) is 12.5. The zero-order chi connectivity index (χ0) is 18.5. The minimum absolute atomic E-state index is 0.146. The molecule has 0 saturated heterocycles. The fourth-order valence-electron chi connectivity index (χ4n) is 4.23. The second-order valence-corrected chi connectivity index (χ2v) is 7.82. The van der Waals surface area contributed by atoms with Crippen molar-refractivity contribution in [1.29, 1.82) is 0 Å². The van der Waals surface area contributed by atoms with E-state index in [0.29, 0.717) is 23.5 Å². The van der Waals surface area contributed by atoms with Gasteiger partial charge in [-0.25, -0.2) is 4.39 Å². The second kappa shape index (κ2) is 8.98. The molecule has 1 aliphatic rings. The molecular weight excluding hydrogens is 328 g/mol. The number of hydrogen-bond acceptors (Lipinski definition) is 3. The highest BCUT2D eigenvalue weighted by Gasteiger charge is 2.32. The van der Waals surface area contributed by atoms with E-state index >= 15 is 0 Å². The third kappa shape index (κ3) is 4.84. The summed E-state index contributed by atoms with van der Waals surface area (Å²) in [5, 5.41) is 19.5. The fourth-order valence-corrected chi connectivity index (χ4v) is 4.23. The maximum absolute atomic E-state index is 13.9. The Morgan fingerprint density at radius 3 is 2.58 bits per heavy atom. The van der Waals surface area contributed by atoms with E-state index < -0.39 is 7.12 Å². The molecule has 0 bridgehead atoms. The largest absolute Gasteiger partial charge is 0.451 e. The van der Waals surface area contributed by atoms with Gasteiger partial charge in [-0.2, -0.15) is 0 Å². The first-order valence-corrected chi connectivity index (χ1v) is 9.82. The molecule has 140 valence electrons. The monoisotopic (exact) mass is 357 g/mol. The van der Waals surface area contributed by atoms with Crippen LogP contribution in [0.25, 0.3) is 10.8 Å². The first-order valence-electron chi connectivity index (χ1n) is 9.82. The van der Waals surface area contributed by atoms with Crippen LogP contribution in [-0.4, -0.2) is 23.2 Å². The fraction of sp³-hybridized carbons (Fsp3) is 0.524. The average Bonchev–Trinajstić information content (AvgIpc) is 2.58. The number of fused-ring (bicyclic) bond motifs is 1. The van der Waals surface area contributed by atoms with E-state index in [1.54, 1.807) is 6.07 Å². The number of hydrogen-bond donors (Lipinski definition) is 3. The number of unbranched alkanes of at least 4 members (excludes halogenated alkanes) is 1. The van der Waals surface area contributed by atoms with Crippen LogP contribution in [0.4, 0.5) is 4.39 Å². The molecule has 0 aromatic heterocycles. The standard InChI is InChI=1S/C21H29BFNO2/c23-20-8-4-6-18-16(5-3-7-19(18)20)11-10-15-13-17(14-15)21(24)9-1-2-12-22(25)26/h3-8,15,17,21,25-26H,1-2,9-14,24H2. The Labute approximate surface area is 155 Å². The lowest BCUT2D eigenvalue weighted by Gasteiger charge is -2.39. The lowest BCUT2D eigenvalue weighted by atomic mass is 9.68. The Kier molecular flexibility index (Phi) is 6.68. The average molecular weight is 357 g/mol. The number of halogens is 1. The van der Waals surface area contributed by atoms with Crippen LogP contribution in [0.2, 0.25) is 6.32 Å². The number of aryl methyl sites for hydroxylation is 1. The van der Waals surface area contributed by atoms with E-state index in [0.717, 1.165) is 37.5 Å². The van der Waals surface area contributed by atoms with Gasteiger partial charge in [0.2, 0.25) is 0 Å². The van der Waals surface area contributed by atoms with Gasteiger partial charge in [-0.15, -0.1) is 0 Å². The molecule has 1 aliphatic carbocycles. The zero-order valence-corrected chi connectivity index (χ0v) is 15.3. The van der Waals surface area contributed by atoms with E-state index in [-0.39, 0.29) is 11.9 Å². The lowest BCUT2D eigenvalue weighted by molar-refractivity contribution is 0.147. The van der Waals surface area contributed by atoms with E-state index in [1.807, 2.05) is 18.2 Å². The van der Waals surface area contributed by atoms with Crippen molar-refractivity contribution in [3.8, 4) is 0 Å². The zero-order valence-electron chi connectivity index (χ0n) is 15.3. The summed E-state index contributed by atoms with van der Waals surface area (Å²) < 4.78 is 13.9. The normalized spacial score (nSPS) is 20.8. The maximum Gasteiger partial charge on any atom is 0.451 e. The molecule has 0 heterocycles. The Morgan fingerprint density at radius 2 is 1.81 bits per heavy atom. The van der Waals surface area contributed by atoms with Crippen LogP contribution in [-0.2, 0) is 6.42 Å². The van der Waals surface area contributed by atoms with Crippen molar-refractivity contribution in [3.05, 3.63) is 47.8 Å².